The summed E-state index contributed by atoms with van der Waals surface area (Å²) in [5.41, 5.74) is 1.03. The van der Waals surface area contributed by atoms with Crippen molar-refractivity contribution >= 4 is 10.9 Å². The summed E-state index contributed by atoms with van der Waals surface area (Å²) in [6.07, 6.45) is 1.86. The molecule has 0 bridgehead atoms. The number of H-pyrrole nitrogens is 1. The number of hydrogen-bond donors (Lipinski definition) is 1. The third kappa shape index (κ3) is 1.87. The van der Waals surface area contributed by atoms with E-state index in [0.717, 1.165) is 10.9 Å². The molecule has 1 aromatic heterocycles. The molecule has 0 aliphatic rings. The van der Waals surface area contributed by atoms with Gasteiger partial charge in [-0.1, -0.05) is 12.1 Å². The van der Waals surface area contributed by atoms with Gasteiger partial charge < -0.3 is 9.72 Å². The average molecular weight is 227 g/mol. The Bertz CT molecular complexity index is 660. The van der Waals surface area contributed by atoms with Crippen molar-refractivity contribution in [3.05, 3.63) is 60.5 Å². The third-order valence-electron chi connectivity index (χ3n) is 2.59. The molecule has 3 rings (SSSR count). The van der Waals surface area contributed by atoms with E-state index < -0.39 is 0 Å². The summed E-state index contributed by atoms with van der Waals surface area (Å²) in [6.45, 7) is 0. The zero-order valence-corrected chi connectivity index (χ0v) is 8.98. The summed E-state index contributed by atoms with van der Waals surface area (Å²) in [5, 5.41) is 1.04. The Morgan fingerprint density at radius 1 is 1.00 bits per heavy atom. The Balaban J connectivity index is 1.97. The standard InChI is InChI=1S/C14H10FNO/c15-12-3-1-2-4-14(12)17-11-5-6-13-10(9-11)7-8-16-13/h1-9,16H. The van der Waals surface area contributed by atoms with Crippen molar-refractivity contribution in [3.8, 4) is 11.5 Å². The summed E-state index contributed by atoms with van der Waals surface area (Å²) >= 11 is 0. The quantitative estimate of drug-likeness (QED) is 0.700. The predicted octanol–water partition coefficient (Wildman–Crippen LogP) is 4.10. The van der Waals surface area contributed by atoms with E-state index >= 15 is 0 Å². The van der Waals surface area contributed by atoms with Crippen LogP contribution in [0.25, 0.3) is 10.9 Å². The Morgan fingerprint density at radius 3 is 2.76 bits per heavy atom. The summed E-state index contributed by atoms with van der Waals surface area (Å²) in [6, 6.07) is 13.9. The largest absolute Gasteiger partial charge is 0.454 e. The second-order valence-corrected chi connectivity index (χ2v) is 3.76. The fourth-order valence-corrected chi connectivity index (χ4v) is 1.75. The van der Waals surface area contributed by atoms with Crippen LogP contribution >= 0.6 is 0 Å². The van der Waals surface area contributed by atoms with Gasteiger partial charge in [0.25, 0.3) is 0 Å². The maximum atomic E-state index is 13.4. The molecule has 0 fully saturated rings. The van der Waals surface area contributed by atoms with Crippen molar-refractivity contribution in [2.45, 2.75) is 0 Å². The van der Waals surface area contributed by atoms with Gasteiger partial charge in [-0.05, 0) is 36.4 Å². The second-order valence-electron chi connectivity index (χ2n) is 3.76. The summed E-state index contributed by atoms with van der Waals surface area (Å²) in [4.78, 5) is 3.09. The minimum atomic E-state index is -0.360. The van der Waals surface area contributed by atoms with E-state index in [-0.39, 0.29) is 11.6 Å². The van der Waals surface area contributed by atoms with Crippen LogP contribution in [0.2, 0.25) is 0 Å². The lowest BCUT2D eigenvalue weighted by Crippen LogP contribution is -1.87. The maximum absolute atomic E-state index is 13.4. The van der Waals surface area contributed by atoms with Crippen LogP contribution in [0.1, 0.15) is 0 Å². The molecule has 0 spiro atoms. The number of fused-ring (bicyclic) bond motifs is 1. The summed E-state index contributed by atoms with van der Waals surface area (Å²) in [5.74, 6) is 0.506. The minimum absolute atomic E-state index is 0.238. The van der Waals surface area contributed by atoms with E-state index in [1.165, 1.54) is 6.07 Å². The molecule has 0 unspecified atom stereocenters. The van der Waals surface area contributed by atoms with E-state index in [1.54, 1.807) is 18.2 Å². The molecule has 3 heteroatoms. The Kier molecular flexibility index (Phi) is 2.29. The van der Waals surface area contributed by atoms with Crippen LogP contribution < -0.4 is 4.74 Å². The molecule has 0 saturated heterocycles. The van der Waals surface area contributed by atoms with E-state index in [9.17, 15) is 4.39 Å². The van der Waals surface area contributed by atoms with Crippen molar-refractivity contribution in [1.29, 1.82) is 0 Å². The molecular formula is C14H10FNO. The molecule has 0 aliphatic carbocycles. The van der Waals surface area contributed by atoms with Crippen LogP contribution in [0.3, 0.4) is 0 Å². The van der Waals surface area contributed by atoms with Gasteiger partial charge in [-0.25, -0.2) is 4.39 Å². The number of halogens is 1. The smallest absolute Gasteiger partial charge is 0.165 e. The highest BCUT2D eigenvalue weighted by Crippen LogP contribution is 2.26. The molecule has 3 aromatic rings. The van der Waals surface area contributed by atoms with Gasteiger partial charge in [-0.15, -0.1) is 0 Å². The first-order chi connectivity index (χ1) is 8.33. The van der Waals surface area contributed by atoms with Crippen molar-refractivity contribution in [3.63, 3.8) is 0 Å². The van der Waals surface area contributed by atoms with E-state index in [2.05, 4.69) is 4.98 Å². The van der Waals surface area contributed by atoms with Crippen LogP contribution in [0.15, 0.2) is 54.7 Å². The monoisotopic (exact) mass is 227 g/mol. The first-order valence-electron chi connectivity index (χ1n) is 5.32. The predicted molar refractivity (Wildman–Crippen MR) is 64.8 cm³/mol. The van der Waals surface area contributed by atoms with Gasteiger partial charge in [0.1, 0.15) is 5.75 Å². The van der Waals surface area contributed by atoms with Gasteiger partial charge in [0, 0.05) is 17.1 Å². The first kappa shape index (κ1) is 9.90. The molecule has 2 aromatic carbocycles. The van der Waals surface area contributed by atoms with Gasteiger partial charge >= 0.3 is 0 Å². The molecule has 1 N–H and O–H groups in total. The molecule has 0 radical (unpaired) electrons. The van der Waals surface area contributed by atoms with Crippen molar-refractivity contribution < 1.29 is 9.13 Å². The van der Waals surface area contributed by atoms with Gasteiger partial charge in [-0.3, -0.25) is 0 Å². The molecule has 0 aliphatic heterocycles. The van der Waals surface area contributed by atoms with Crippen molar-refractivity contribution in [2.75, 3.05) is 0 Å². The molecule has 17 heavy (non-hydrogen) atoms. The SMILES string of the molecule is Fc1ccccc1Oc1ccc2[nH]ccc2c1. The van der Waals surface area contributed by atoms with E-state index in [1.807, 2.05) is 30.5 Å². The van der Waals surface area contributed by atoms with Gasteiger partial charge in [-0.2, -0.15) is 0 Å². The first-order valence-corrected chi connectivity index (χ1v) is 5.32. The van der Waals surface area contributed by atoms with Crippen LogP contribution in [0, 0.1) is 5.82 Å². The Labute approximate surface area is 97.7 Å². The van der Waals surface area contributed by atoms with E-state index in [4.69, 9.17) is 4.74 Å². The van der Waals surface area contributed by atoms with Crippen LogP contribution in [0.4, 0.5) is 4.39 Å². The number of ether oxygens (including phenoxy) is 1. The van der Waals surface area contributed by atoms with Gasteiger partial charge in [0.15, 0.2) is 11.6 Å². The lowest BCUT2D eigenvalue weighted by molar-refractivity contribution is 0.443. The lowest BCUT2D eigenvalue weighted by atomic mass is 10.2. The molecule has 0 saturated carbocycles. The molecule has 0 amide bonds. The highest BCUT2D eigenvalue weighted by molar-refractivity contribution is 5.80. The van der Waals surface area contributed by atoms with Crippen LogP contribution in [0.5, 0.6) is 11.5 Å². The molecule has 1 heterocycles. The number of nitrogens with one attached hydrogen (secondary N) is 1. The third-order valence-corrected chi connectivity index (χ3v) is 2.59. The van der Waals surface area contributed by atoms with Crippen LogP contribution in [-0.4, -0.2) is 4.98 Å². The lowest BCUT2D eigenvalue weighted by Gasteiger charge is -2.06. The molecule has 0 atom stereocenters. The van der Waals surface area contributed by atoms with Crippen molar-refractivity contribution in [1.82, 2.24) is 4.98 Å². The Hall–Kier alpha value is -2.29. The number of para-hydroxylation sites is 1. The summed E-state index contributed by atoms with van der Waals surface area (Å²) < 4.78 is 18.9. The molecule has 2 nitrogen and oxygen atoms in total. The number of hydrogen-bond acceptors (Lipinski definition) is 1. The fraction of sp³-hybridized carbons (Fsp3) is 0. The number of aromatic amines is 1. The maximum Gasteiger partial charge on any atom is 0.165 e. The molecule has 84 valence electrons. The number of rotatable bonds is 2. The highest BCUT2D eigenvalue weighted by Gasteiger charge is 2.04. The topological polar surface area (TPSA) is 25.0 Å². The second kappa shape index (κ2) is 3.94. The fourth-order valence-electron chi connectivity index (χ4n) is 1.75. The number of aromatic nitrogens is 1. The van der Waals surface area contributed by atoms with E-state index in [0.29, 0.717) is 5.75 Å². The van der Waals surface area contributed by atoms with Gasteiger partial charge in [0.2, 0.25) is 0 Å². The summed E-state index contributed by atoms with van der Waals surface area (Å²) in [7, 11) is 0. The zero-order valence-electron chi connectivity index (χ0n) is 8.98. The highest BCUT2D eigenvalue weighted by atomic mass is 19.1. The average Bonchev–Trinajstić information content (AvgIpc) is 2.79. The van der Waals surface area contributed by atoms with Crippen LogP contribution in [-0.2, 0) is 0 Å². The van der Waals surface area contributed by atoms with Gasteiger partial charge in [0.05, 0.1) is 0 Å². The number of benzene rings is 2. The normalized spacial score (nSPS) is 10.6. The minimum Gasteiger partial charge on any atom is -0.454 e. The van der Waals surface area contributed by atoms with Crippen molar-refractivity contribution in [2.24, 2.45) is 0 Å². The molecular weight excluding hydrogens is 217 g/mol. The zero-order chi connectivity index (χ0) is 11.7. The Morgan fingerprint density at radius 2 is 1.88 bits per heavy atom.